The third-order valence-corrected chi connectivity index (χ3v) is 6.58. The fourth-order valence-corrected chi connectivity index (χ4v) is 6.35. The SMILES string of the molecule is CC1(C)CCCC(C)(C)N1B(Cl)N1C(C)(C)CCCC1(C)C. The van der Waals surface area contributed by atoms with E-state index < -0.39 is 0 Å². The van der Waals surface area contributed by atoms with E-state index in [9.17, 15) is 0 Å². The quantitative estimate of drug-likeness (QED) is 0.636. The van der Waals surface area contributed by atoms with E-state index >= 15 is 0 Å². The molecule has 2 saturated heterocycles. The van der Waals surface area contributed by atoms with Gasteiger partial charge in [0.05, 0.1) is 0 Å². The van der Waals surface area contributed by atoms with Crippen LogP contribution in [0.1, 0.15) is 93.9 Å². The number of hydrogen-bond donors (Lipinski definition) is 0. The largest absolute Gasteiger partial charge is 0.420 e. The summed E-state index contributed by atoms with van der Waals surface area (Å²) in [6.07, 6.45) is 7.47. The number of piperidine rings is 2. The smallest absolute Gasteiger partial charge is 0.304 e. The van der Waals surface area contributed by atoms with E-state index in [2.05, 4.69) is 65.0 Å². The summed E-state index contributed by atoms with van der Waals surface area (Å²) in [4.78, 5) is 5.19. The molecule has 4 heteroatoms. The Kier molecular flexibility index (Phi) is 4.80. The lowest BCUT2D eigenvalue weighted by Crippen LogP contribution is -2.73. The Morgan fingerprint density at radius 3 is 1.05 bits per heavy atom. The first-order valence-corrected chi connectivity index (χ1v) is 9.48. The summed E-state index contributed by atoms with van der Waals surface area (Å²) in [6, 6.07) is 0. The van der Waals surface area contributed by atoms with Gasteiger partial charge in [0, 0.05) is 22.2 Å². The van der Waals surface area contributed by atoms with Crippen LogP contribution in [0.3, 0.4) is 0 Å². The third-order valence-electron chi connectivity index (χ3n) is 6.19. The molecule has 2 heterocycles. The van der Waals surface area contributed by atoms with Crippen molar-refractivity contribution in [2.24, 2.45) is 0 Å². The fourth-order valence-electron chi connectivity index (χ4n) is 5.30. The lowest BCUT2D eigenvalue weighted by Gasteiger charge is -2.61. The van der Waals surface area contributed by atoms with Crippen molar-refractivity contribution in [1.29, 1.82) is 0 Å². The van der Waals surface area contributed by atoms with Crippen LogP contribution < -0.4 is 0 Å². The Morgan fingerprint density at radius 1 is 0.591 bits per heavy atom. The summed E-state index contributed by atoms with van der Waals surface area (Å²) in [5.41, 5.74) is 0.602. The van der Waals surface area contributed by atoms with Crippen molar-refractivity contribution in [2.45, 2.75) is 116 Å². The number of halogens is 1. The predicted octanol–water partition coefficient (Wildman–Crippen LogP) is 5.30. The highest BCUT2D eigenvalue weighted by molar-refractivity contribution is 7.03. The summed E-state index contributed by atoms with van der Waals surface area (Å²) in [5, 5.41) is 0. The lowest BCUT2D eigenvalue weighted by atomic mass is 9.68. The average molecular weight is 327 g/mol. The topological polar surface area (TPSA) is 6.48 Å². The van der Waals surface area contributed by atoms with Gasteiger partial charge in [0.25, 0.3) is 0 Å². The molecular weight excluding hydrogens is 290 g/mol. The fraction of sp³-hybridized carbons (Fsp3) is 1.00. The molecule has 0 bridgehead atoms. The maximum atomic E-state index is 7.23. The van der Waals surface area contributed by atoms with Crippen molar-refractivity contribution in [1.82, 2.24) is 9.62 Å². The maximum absolute atomic E-state index is 7.23. The molecule has 0 aromatic rings. The van der Waals surface area contributed by atoms with Crippen LogP contribution in [0.25, 0.3) is 0 Å². The van der Waals surface area contributed by atoms with Gasteiger partial charge in [-0.05, 0) is 93.9 Å². The normalized spacial score (nSPS) is 31.0. The first-order chi connectivity index (χ1) is 9.81. The van der Waals surface area contributed by atoms with Gasteiger partial charge in [0.15, 0.2) is 0 Å². The average Bonchev–Trinajstić information content (AvgIpc) is 2.22. The molecule has 0 spiro atoms. The molecule has 2 rings (SSSR count). The zero-order chi connectivity index (χ0) is 17.0. The summed E-state index contributed by atoms with van der Waals surface area (Å²) in [7, 11) is 0. The van der Waals surface area contributed by atoms with Gasteiger partial charge in [-0.3, -0.25) is 0 Å². The van der Waals surface area contributed by atoms with Gasteiger partial charge in [-0.1, -0.05) is 0 Å². The highest BCUT2D eigenvalue weighted by Crippen LogP contribution is 2.46. The molecule has 0 aromatic heterocycles. The van der Waals surface area contributed by atoms with Crippen LogP contribution in [0, 0.1) is 0 Å². The van der Waals surface area contributed by atoms with Crippen molar-refractivity contribution < 1.29 is 0 Å². The minimum atomic E-state index is -0.0457. The third kappa shape index (κ3) is 3.23. The Hall–Kier alpha value is 0.275. The van der Waals surface area contributed by atoms with E-state index in [-0.39, 0.29) is 28.6 Å². The molecule has 0 unspecified atom stereocenters. The summed E-state index contributed by atoms with van der Waals surface area (Å²) in [5.74, 6) is 0. The Labute approximate surface area is 144 Å². The molecule has 2 fully saturated rings. The van der Waals surface area contributed by atoms with E-state index in [1.807, 2.05) is 0 Å². The Bertz CT molecular complexity index is 347. The van der Waals surface area contributed by atoms with Crippen LogP contribution in [0.2, 0.25) is 0 Å². The van der Waals surface area contributed by atoms with Crippen LogP contribution in [-0.2, 0) is 0 Å². The Balaban J connectivity index is 2.40. The lowest BCUT2D eigenvalue weighted by molar-refractivity contribution is 0.000179. The van der Waals surface area contributed by atoms with Gasteiger partial charge in [-0.25, -0.2) is 0 Å². The van der Waals surface area contributed by atoms with Crippen molar-refractivity contribution in [3.8, 4) is 0 Å². The van der Waals surface area contributed by atoms with Crippen LogP contribution in [0.4, 0.5) is 0 Å². The molecule has 0 aliphatic carbocycles. The van der Waals surface area contributed by atoms with Crippen LogP contribution >= 0.6 is 11.5 Å². The van der Waals surface area contributed by atoms with Crippen molar-refractivity contribution in [3.63, 3.8) is 0 Å². The van der Waals surface area contributed by atoms with Gasteiger partial charge in [0.1, 0.15) is 0 Å². The number of hydrogen-bond acceptors (Lipinski definition) is 2. The minimum absolute atomic E-state index is 0.0457. The van der Waals surface area contributed by atoms with Crippen molar-refractivity contribution in [2.75, 3.05) is 0 Å². The number of rotatable bonds is 2. The summed E-state index contributed by atoms with van der Waals surface area (Å²) < 4.78 is 0. The second-order valence-electron chi connectivity index (χ2n) is 10.0. The standard InChI is InChI=1S/C18H36BClN2/c1-15(2)11-9-12-16(3,4)21(15)19(20)22-17(5,6)13-10-14-18(22,7)8/h9-14H2,1-8H3. The summed E-state index contributed by atoms with van der Waals surface area (Å²) in [6.45, 7) is 18.9. The van der Waals surface area contributed by atoms with Crippen LogP contribution in [0.5, 0.6) is 0 Å². The van der Waals surface area contributed by atoms with Gasteiger partial charge < -0.3 is 9.62 Å². The monoisotopic (exact) mass is 326 g/mol. The van der Waals surface area contributed by atoms with E-state index in [1.165, 1.54) is 38.5 Å². The highest BCUT2D eigenvalue weighted by Gasteiger charge is 2.54. The highest BCUT2D eigenvalue weighted by atomic mass is 35.5. The molecule has 22 heavy (non-hydrogen) atoms. The first-order valence-electron chi connectivity index (χ1n) is 9.04. The molecule has 0 amide bonds. The van der Waals surface area contributed by atoms with Gasteiger partial charge in [0.2, 0.25) is 0 Å². The zero-order valence-corrected chi connectivity index (χ0v) is 16.8. The molecule has 128 valence electrons. The zero-order valence-electron chi connectivity index (χ0n) is 16.1. The van der Waals surface area contributed by atoms with Crippen LogP contribution in [0.15, 0.2) is 0 Å². The number of nitrogens with zero attached hydrogens (tertiary/aromatic N) is 2. The van der Waals surface area contributed by atoms with E-state index in [4.69, 9.17) is 11.5 Å². The molecule has 0 radical (unpaired) electrons. The minimum Gasteiger partial charge on any atom is -0.304 e. The van der Waals surface area contributed by atoms with E-state index in [1.54, 1.807) is 0 Å². The van der Waals surface area contributed by atoms with Gasteiger partial charge in [-0.2, -0.15) is 0 Å². The predicted molar refractivity (Wildman–Crippen MR) is 99.3 cm³/mol. The molecule has 0 N–H and O–H groups in total. The van der Waals surface area contributed by atoms with Crippen molar-refractivity contribution >= 4 is 17.9 Å². The molecule has 0 aromatic carbocycles. The van der Waals surface area contributed by atoms with Gasteiger partial charge >= 0.3 is 6.40 Å². The molecule has 2 aliphatic heterocycles. The van der Waals surface area contributed by atoms with E-state index in [0.717, 1.165) is 0 Å². The first kappa shape index (κ1) is 18.6. The summed E-state index contributed by atoms with van der Waals surface area (Å²) >= 11 is 7.23. The maximum Gasteiger partial charge on any atom is 0.420 e. The van der Waals surface area contributed by atoms with E-state index in [0.29, 0.717) is 0 Å². The van der Waals surface area contributed by atoms with Gasteiger partial charge in [-0.15, -0.1) is 11.5 Å². The molecule has 2 nitrogen and oxygen atoms in total. The molecular formula is C18H36BClN2. The second kappa shape index (κ2) is 5.67. The molecule has 0 atom stereocenters. The second-order valence-corrected chi connectivity index (χ2v) is 10.4. The Morgan fingerprint density at radius 2 is 0.818 bits per heavy atom. The molecule has 2 aliphatic rings. The van der Waals surface area contributed by atoms with Crippen LogP contribution in [-0.4, -0.2) is 38.2 Å². The van der Waals surface area contributed by atoms with Crippen molar-refractivity contribution in [3.05, 3.63) is 0 Å². The molecule has 0 saturated carbocycles.